The molecule has 0 atom stereocenters. The highest BCUT2D eigenvalue weighted by Gasteiger charge is 2.12. The van der Waals surface area contributed by atoms with Gasteiger partial charge in [-0.1, -0.05) is 29.5 Å². The third kappa shape index (κ3) is 3.07. The lowest BCUT2D eigenvalue weighted by Gasteiger charge is -2.10. The first-order valence-electron chi connectivity index (χ1n) is 7.62. The summed E-state index contributed by atoms with van der Waals surface area (Å²) in [5, 5.41) is 7.01. The third-order valence-electron chi connectivity index (χ3n) is 3.64. The number of para-hydroxylation sites is 1. The number of fused-ring (bicyclic) bond motifs is 1. The zero-order valence-corrected chi connectivity index (χ0v) is 14.2. The number of nitrogens with two attached hydrogens (primary N) is 1. The summed E-state index contributed by atoms with van der Waals surface area (Å²) in [4.78, 5) is 17.2. The van der Waals surface area contributed by atoms with Crippen molar-refractivity contribution < 1.29 is 0 Å². The van der Waals surface area contributed by atoms with Gasteiger partial charge in [0.2, 0.25) is 0 Å². The first-order valence-corrected chi connectivity index (χ1v) is 8.44. The molecule has 124 valence electrons. The van der Waals surface area contributed by atoms with E-state index >= 15 is 0 Å². The van der Waals surface area contributed by atoms with Gasteiger partial charge in [0.05, 0.1) is 10.2 Å². The molecular formula is C17H15N7S. The Morgan fingerprint density at radius 3 is 2.56 bits per heavy atom. The van der Waals surface area contributed by atoms with Gasteiger partial charge in [-0.05, 0) is 30.7 Å². The second-order valence-corrected chi connectivity index (χ2v) is 6.42. The Morgan fingerprint density at radius 2 is 1.80 bits per heavy atom. The molecule has 0 fully saturated rings. The molecule has 4 rings (SSSR count). The van der Waals surface area contributed by atoms with Gasteiger partial charge >= 0.3 is 0 Å². The summed E-state index contributed by atoms with van der Waals surface area (Å²) in [6.07, 6.45) is 3.14. The van der Waals surface area contributed by atoms with Crippen LogP contribution in [0.25, 0.3) is 10.2 Å². The molecule has 7 nitrogen and oxygen atoms in total. The molecule has 0 spiro atoms. The summed E-state index contributed by atoms with van der Waals surface area (Å²) in [5.41, 5.74) is 8.72. The fraction of sp³-hybridized carbons (Fsp3) is 0.0588. The van der Waals surface area contributed by atoms with E-state index in [2.05, 4.69) is 30.6 Å². The minimum atomic E-state index is 0.407. The summed E-state index contributed by atoms with van der Waals surface area (Å²) in [5.74, 6) is 1.66. The predicted octanol–water partition coefficient (Wildman–Crippen LogP) is 3.86. The van der Waals surface area contributed by atoms with Crippen molar-refractivity contribution in [2.24, 2.45) is 0 Å². The lowest BCUT2D eigenvalue weighted by molar-refractivity contribution is 1.16. The van der Waals surface area contributed by atoms with E-state index in [9.17, 15) is 0 Å². The van der Waals surface area contributed by atoms with E-state index in [1.165, 1.54) is 6.33 Å². The van der Waals surface area contributed by atoms with E-state index in [0.717, 1.165) is 20.9 Å². The fourth-order valence-electron chi connectivity index (χ4n) is 2.39. The molecule has 0 aliphatic rings. The van der Waals surface area contributed by atoms with Crippen molar-refractivity contribution in [3.63, 3.8) is 0 Å². The number of nitrogens with zero attached hydrogens (tertiary/aromatic N) is 4. The molecule has 0 saturated heterocycles. The number of rotatable bonds is 4. The molecule has 0 aliphatic heterocycles. The summed E-state index contributed by atoms with van der Waals surface area (Å²) >= 11 is 1.55. The highest BCUT2D eigenvalue weighted by molar-refractivity contribution is 7.22. The molecule has 1 aromatic carbocycles. The molecule has 4 N–H and O–H groups in total. The number of nitrogen functional groups attached to an aromatic ring is 1. The lowest BCUT2D eigenvalue weighted by atomic mass is 10.2. The Balaban J connectivity index is 1.64. The molecule has 25 heavy (non-hydrogen) atoms. The fourth-order valence-corrected chi connectivity index (χ4v) is 3.34. The highest BCUT2D eigenvalue weighted by atomic mass is 32.1. The van der Waals surface area contributed by atoms with Gasteiger partial charge in [-0.3, -0.25) is 0 Å². The van der Waals surface area contributed by atoms with Gasteiger partial charge < -0.3 is 16.4 Å². The van der Waals surface area contributed by atoms with Crippen LogP contribution < -0.4 is 16.4 Å². The molecule has 0 unspecified atom stereocenters. The monoisotopic (exact) mass is 349 g/mol. The number of pyridine rings is 1. The normalized spacial score (nSPS) is 10.8. The summed E-state index contributed by atoms with van der Waals surface area (Å²) in [7, 11) is 0. The maximum absolute atomic E-state index is 6.20. The third-order valence-corrected chi connectivity index (χ3v) is 4.58. The van der Waals surface area contributed by atoms with E-state index in [1.807, 2.05) is 43.3 Å². The quantitative estimate of drug-likeness (QED) is 0.514. The maximum Gasteiger partial charge on any atom is 0.189 e. The van der Waals surface area contributed by atoms with Gasteiger partial charge in [0.15, 0.2) is 16.8 Å². The number of hydrogen-bond acceptors (Lipinski definition) is 8. The molecule has 0 amide bonds. The van der Waals surface area contributed by atoms with E-state index < -0.39 is 0 Å². The van der Waals surface area contributed by atoms with Crippen molar-refractivity contribution in [3.05, 3.63) is 54.5 Å². The molecule has 0 saturated carbocycles. The van der Waals surface area contributed by atoms with Crippen LogP contribution in [-0.2, 0) is 0 Å². The van der Waals surface area contributed by atoms with E-state index in [0.29, 0.717) is 23.1 Å². The first kappa shape index (κ1) is 15.3. The molecular weight excluding hydrogens is 334 g/mol. The molecule has 0 aliphatic carbocycles. The van der Waals surface area contributed by atoms with Crippen LogP contribution in [0.3, 0.4) is 0 Å². The number of aromatic nitrogens is 4. The molecule has 4 aromatic rings. The zero-order chi connectivity index (χ0) is 17.2. The van der Waals surface area contributed by atoms with Crippen LogP contribution in [0.2, 0.25) is 0 Å². The topological polar surface area (TPSA) is 102 Å². The Kier molecular flexibility index (Phi) is 3.87. The number of nitrogens with one attached hydrogen (secondary N) is 2. The van der Waals surface area contributed by atoms with Crippen molar-refractivity contribution in [1.29, 1.82) is 0 Å². The van der Waals surface area contributed by atoms with Crippen molar-refractivity contribution >= 4 is 49.8 Å². The molecule has 0 radical (unpaired) electrons. The van der Waals surface area contributed by atoms with Crippen LogP contribution >= 0.6 is 11.3 Å². The lowest BCUT2D eigenvalue weighted by Crippen LogP contribution is -2.05. The van der Waals surface area contributed by atoms with Crippen molar-refractivity contribution in [1.82, 2.24) is 19.9 Å². The Hall–Kier alpha value is -3.26. The number of aryl methyl sites for hydroxylation is 1. The smallest absolute Gasteiger partial charge is 0.189 e. The second kappa shape index (κ2) is 6.33. The van der Waals surface area contributed by atoms with Gasteiger partial charge in [-0.25, -0.2) is 19.9 Å². The van der Waals surface area contributed by atoms with Crippen molar-refractivity contribution in [2.45, 2.75) is 6.92 Å². The molecule has 3 aromatic heterocycles. The average Bonchev–Trinajstić information content (AvgIpc) is 3.03. The van der Waals surface area contributed by atoms with Crippen LogP contribution in [0.4, 0.5) is 28.3 Å². The van der Waals surface area contributed by atoms with Gasteiger partial charge in [0.1, 0.15) is 17.8 Å². The standard InChI is InChI=1S/C17H15N7S/c1-10-5-4-6-11-14(10)23-17(25-11)24-16-13(18)15(20-9-21-16)22-12-7-2-3-8-19-12/h2-9H,18H2,1H3,(H2,19,20,21,22,23,24). The average molecular weight is 349 g/mol. The van der Waals surface area contributed by atoms with E-state index in [-0.39, 0.29) is 0 Å². The summed E-state index contributed by atoms with van der Waals surface area (Å²) in [6, 6.07) is 11.7. The maximum atomic E-state index is 6.20. The summed E-state index contributed by atoms with van der Waals surface area (Å²) in [6.45, 7) is 2.04. The van der Waals surface area contributed by atoms with Gasteiger partial charge in [0.25, 0.3) is 0 Å². The van der Waals surface area contributed by atoms with Gasteiger partial charge in [0, 0.05) is 6.20 Å². The van der Waals surface area contributed by atoms with Crippen LogP contribution in [0.1, 0.15) is 5.56 Å². The number of thiazole rings is 1. The van der Waals surface area contributed by atoms with Gasteiger partial charge in [-0.15, -0.1) is 0 Å². The van der Waals surface area contributed by atoms with E-state index in [4.69, 9.17) is 5.73 Å². The van der Waals surface area contributed by atoms with Crippen LogP contribution in [0.5, 0.6) is 0 Å². The minimum Gasteiger partial charge on any atom is -0.393 e. The minimum absolute atomic E-state index is 0.407. The van der Waals surface area contributed by atoms with Crippen molar-refractivity contribution in [3.8, 4) is 0 Å². The number of anilines is 5. The Labute approximate surface area is 148 Å². The number of benzene rings is 1. The molecule has 0 bridgehead atoms. The van der Waals surface area contributed by atoms with E-state index in [1.54, 1.807) is 17.5 Å². The second-order valence-electron chi connectivity index (χ2n) is 5.39. The van der Waals surface area contributed by atoms with Crippen LogP contribution in [0.15, 0.2) is 48.9 Å². The summed E-state index contributed by atoms with van der Waals surface area (Å²) < 4.78 is 1.11. The largest absolute Gasteiger partial charge is 0.393 e. The van der Waals surface area contributed by atoms with Crippen LogP contribution in [-0.4, -0.2) is 19.9 Å². The SMILES string of the molecule is Cc1cccc2sc(Nc3ncnc(Nc4ccccn4)c3N)nc12. The first-order chi connectivity index (χ1) is 12.2. The van der Waals surface area contributed by atoms with Crippen molar-refractivity contribution in [2.75, 3.05) is 16.4 Å². The Morgan fingerprint density at radius 1 is 0.960 bits per heavy atom. The molecule has 3 heterocycles. The number of hydrogen-bond donors (Lipinski definition) is 3. The molecule has 8 heteroatoms. The highest BCUT2D eigenvalue weighted by Crippen LogP contribution is 2.32. The van der Waals surface area contributed by atoms with Crippen LogP contribution in [0, 0.1) is 6.92 Å². The zero-order valence-electron chi connectivity index (χ0n) is 13.4. The predicted molar refractivity (Wildman–Crippen MR) is 102 cm³/mol. The Bertz CT molecular complexity index is 1030. The van der Waals surface area contributed by atoms with Gasteiger partial charge in [-0.2, -0.15) is 0 Å².